The van der Waals surface area contributed by atoms with Crippen molar-refractivity contribution in [3.8, 4) is 5.75 Å². The smallest absolute Gasteiger partial charge is 0.193 e. The molecule has 2 aromatic rings. The molecule has 1 aliphatic heterocycles. The van der Waals surface area contributed by atoms with Crippen LogP contribution < -0.4 is 15.0 Å². The Morgan fingerprint density at radius 2 is 1.83 bits per heavy atom. The molecule has 29 heavy (non-hydrogen) atoms. The van der Waals surface area contributed by atoms with E-state index >= 15 is 0 Å². The molecule has 3 rings (SSSR count). The molecule has 0 radical (unpaired) electrons. The number of methoxy groups -OCH3 is 1. The number of rotatable bonds is 6. The van der Waals surface area contributed by atoms with Crippen LogP contribution in [0.2, 0.25) is 0 Å². The van der Waals surface area contributed by atoms with Crippen molar-refractivity contribution in [3.05, 3.63) is 41.7 Å². The third kappa shape index (κ3) is 6.25. The van der Waals surface area contributed by atoms with Gasteiger partial charge in [-0.25, -0.2) is 0 Å². The Bertz CT molecular complexity index is 781. The first kappa shape index (κ1) is 23.3. The summed E-state index contributed by atoms with van der Waals surface area (Å²) >= 11 is 0. The molecule has 1 fully saturated rings. The van der Waals surface area contributed by atoms with Gasteiger partial charge in [-0.15, -0.1) is 24.0 Å². The van der Waals surface area contributed by atoms with Crippen molar-refractivity contribution < 1.29 is 4.74 Å². The number of guanidine groups is 1. The summed E-state index contributed by atoms with van der Waals surface area (Å²) in [4.78, 5) is 9.22. The van der Waals surface area contributed by atoms with Crippen LogP contribution in [-0.2, 0) is 6.54 Å². The minimum absolute atomic E-state index is 0. The van der Waals surface area contributed by atoms with Crippen LogP contribution in [0, 0.1) is 13.8 Å². The van der Waals surface area contributed by atoms with E-state index in [1.54, 1.807) is 7.11 Å². The highest BCUT2D eigenvalue weighted by Crippen LogP contribution is 2.20. The van der Waals surface area contributed by atoms with Crippen LogP contribution in [0.5, 0.6) is 5.75 Å². The first-order valence-corrected chi connectivity index (χ1v) is 9.96. The molecule has 1 N–H and O–H groups in total. The zero-order valence-corrected chi connectivity index (χ0v) is 20.2. The lowest BCUT2D eigenvalue weighted by molar-refractivity contribution is 0.371. The first-order valence-electron chi connectivity index (χ1n) is 9.96. The second-order valence-corrected chi connectivity index (χ2v) is 7.15. The fraction of sp³-hybridized carbons (Fsp3) is 0.524. The maximum Gasteiger partial charge on any atom is 0.193 e. The fourth-order valence-electron chi connectivity index (χ4n) is 3.63. The maximum absolute atomic E-state index is 5.25. The molecule has 2 heterocycles. The van der Waals surface area contributed by atoms with E-state index in [4.69, 9.17) is 4.74 Å². The zero-order chi connectivity index (χ0) is 19.9. The second kappa shape index (κ2) is 11.3. The number of benzene rings is 1. The predicted octanol–water partition coefficient (Wildman–Crippen LogP) is 2.91. The number of nitrogens with one attached hydrogen (secondary N) is 1. The van der Waals surface area contributed by atoms with Gasteiger partial charge in [0, 0.05) is 57.7 Å². The normalized spacial score (nSPS) is 14.6. The monoisotopic (exact) mass is 512 g/mol. The number of nitrogens with zero attached hydrogens (tertiary/aromatic N) is 5. The fourth-order valence-corrected chi connectivity index (χ4v) is 3.63. The van der Waals surface area contributed by atoms with Crippen LogP contribution in [0.15, 0.2) is 35.3 Å². The largest absolute Gasteiger partial charge is 0.497 e. The zero-order valence-electron chi connectivity index (χ0n) is 17.9. The minimum Gasteiger partial charge on any atom is -0.497 e. The molecule has 0 bridgehead atoms. The van der Waals surface area contributed by atoms with E-state index in [0.29, 0.717) is 0 Å². The molecule has 0 spiro atoms. The summed E-state index contributed by atoms with van der Waals surface area (Å²) in [6.45, 7) is 9.85. The maximum atomic E-state index is 5.25. The van der Waals surface area contributed by atoms with Gasteiger partial charge >= 0.3 is 0 Å². The standard InChI is InChI=1S/C21H32N6O.HI/c1-17-16-18(2)27(24-17)11-5-10-23-21(22-3)26-14-12-25(13-15-26)19-6-8-20(28-4)9-7-19;/h6-9,16H,5,10-15H2,1-4H3,(H,22,23);1H. The van der Waals surface area contributed by atoms with Crippen molar-refractivity contribution in [2.24, 2.45) is 4.99 Å². The highest BCUT2D eigenvalue weighted by molar-refractivity contribution is 14.0. The van der Waals surface area contributed by atoms with Gasteiger partial charge in [-0.3, -0.25) is 9.67 Å². The number of aryl methyl sites for hydroxylation is 3. The lowest BCUT2D eigenvalue weighted by Crippen LogP contribution is -2.52. The summed E-state index contributed by atoms with van der Waals surface area (Å²) in [6.07, 6.45) is 1.02. The number of ether oxygens (including phenoxy) is 1. The van der Waals surface area contributed by atoms with Gasteiger partial charge in [-0.1, -0.05) is 0 Å². The number of piperazine rings is 1. The Labute approximate surface area is 191 Å². The van der Waals surface area contributed by atoms with Crippen LogP contribution in [0.1, 0.15) is 17.8 Å². The average Bonchev–Trinajstić information content (AvgIpc) is 3.05. The van der Waals surface area contributed by atoms with E-state index < -0.39 is 0 Å². The number of anilines is 1. The van der Waals surface area contributed by atoms with Gasteiger partial charge in [-0.05, 0) is 50.6 Å². The molecule has 0 unspecified atom stereocenters. The third-order valence-corrected chi connectivity index (χ3v) is 5.16. The van der Waals surface area contributed by atoms with Crippen LogP contribution in [0.4, 0.5) is 5.69 Å². The highest BCUT2D eigenvalue weighted by Gasteiger charge is 2.19. The number of aliphatic imine (C=N–C) groups is 1. The van der Waals surface area contributed by atoms with E-state index in [0.717, 1.165) is 63.1 Å². The van der Waals surface area contributed by atoms with Crippen LogP contribution in [0.3, 0.4) is 0 Å². The van der Waals surface area contributed by atoms with Gasteiger partial charge in [-0.2, -0.15) is 5.10 Å². The SMILES string of the molecule is CN=C(NCCCn1nc(C)cc1C)N1CCN(c2ccc(OC)cc2)CC1.I. The van der Waals surface area contributed by atoms with Crippen molar-refractivity contribution in [2.75, 3.05) is 51.8 Å². The van der Waals surface area contributed by atoms with Crippen LogP contribution >= 0.6 is 24.0 Å². The van der Waals surface area contributed by atoms with E-state index in [2.05, 4.69) is 55.0 Å². The molecule has 1 aromatic carbocycles. The third-order valence-electron chi connectivity index (χ3n) is 5.16. The molecule has 160 valence electrons. The molecule has 7 nitrogen and oxygen atoms in total. The second-order valence-electron chi connectivity index (χ2n) is 7.15. The first-order chi connectivity index (χ1) is 13.6. The summed E-state index contributed by atoms with van der Waals surface area (Å²) in [5, 5.41) is 8.02. The summed E-state index contributed by atoms with van der Waals surface area (Å²) < 4.78 is 7.32. The van der Waals surface area contributed by atoms with E-state index in [1.165, 1.54) is 11.4 Å². The molecule has 0 saturated carbocycles. The Balaban J connectivity index is 0.00000300. The Kier molecular flexibility index (Phi) is 9.06. The van der Waals surface area contributed by atoms with Gasteiger partial charge in [0.1, 0.15) is 5.75 Å². The van der Waals surface area contributed by atoms with Gasteiger partial charge in [0.2, 0.25) is 0 Å². The quantitative estimate of drug-likeness (QED) is 0.279. The number of halogens is 1. The molecule has 0 amide bonds. The molecule has 1 saturated heterocycles. The van der Waals surface area contributed by atoms with E-state index in [-0.39, 0.29) is 24.0 Å². The van der Waals surface area contributed by atoms with E-state index in [9.17, 15) is 0 Å². The predicted molar refractivity (Wildman–Crippen MR) is 130 cm³/mol. The Morgan fingerprint density at radius 1 is 1.14 bits per heavy atom. The Hall–Kier alpha value is -1.97. The molecular formula is C21H33IN6O. The summed E-state index contributed by atoms with van der Waals surface area (Å²) in [6, 6.07) is 10.4. The number of hydrogen-bond donors (Lipinski definition) is 1. The minimum atomic E-state index is 0. The summed E-state index contributed by atoms with van der Waals surface area (Å²) in [5.74, 6) is 1.88. The molecule has 1 aliphatic rings. The summed E-state index contributed by atoms with van der Waals surface area (Å²) in [5.41, 5.74) is 3.54. The van der Waals surface area contributed by atoms with Crippen molar-refractivity contribution in [1.82, 2.24) is 20.0 Å². The highest BCUT2D eigenvalue weighted by atomic mass is 127. The average molecular weight is 512 g/mol. The molecule has 0 atom stereocenters. The van der Waals surface area contributed by atoms with Gasteiger partial charge in [0.15, 0.2) is 5.96 Å². The lowest BCUT2D eigenvalue weighted by atomic mass is 10.2. The lowest BCUT2D eigenvalue weighted by Gasteiger charge is -2.37. The molecule has 8 heteroatoms. The van der Waals surface area contributed by atoms with Crippen LogP contribution in [-0.4, -0.2) is 67.5 Å². The molecular weight excluding hydrogens is 479 g/mol. The molecule has 0 aliphatic carbocycles. The van der Waals surface area contributed by atoms with Crippen molar-refractivity contribution in [2.45, 2.75) is 26.8 Å². The van der Waals surface area contributed by atoms with Gasteiger partial charge < -0.3 is 19.9 Å². The van der Waals surface area contributed by atoms with E-state index in [1.807, 2.05) is 26.1 Å². The van der Waals surface area contributed by atoms with Crippen molar-refractivity contribution >= 4 is 35.6 Å². The topological polar surface area (TPSA) is 57.9 Å². The van der Waals surface area contributed by atoms with Gasteiger partial charge in [0.25, 0.3) is 0 Å². The van der Waals surface area contributed by atoms with Gasteiger partial charge in [0.05, 0.1) is 12.8 Å². The van der Waals surface area contributed by atoms with Crippen molar-refractivity contribution in [1.29, 1.82) is 0 Å². The summed E-state index contributed by atoms with van der Waals surface area (Å²) in [7, 11) is 3.56. The Morgan fingerprint density at radius 3 is 2.38 bits per heavy atom. The number of hydrogen-bond acceptors (Lipinski definition) is 4. The van der Waals surface area contributed by atoms with Crippen molar-refractivity contribution in [3.63, 3.8) is 0 Å². The van der Waals surface area contributed by atoms with Crippen LogP contribution in [0.25, 0.3) is 0 Å². The molecule has 1 aromatic heterocycles. The number of aromatic nitrogens is 2.